The molecule has 0 radical (unpaired) electrons. The summed E-state index contributed by atoms with van der Waals surface area (Å²) >= 11 is 0. The number of nitriles is 1. The van der Waals surface area contributed by atoms with Gasteiger partial charge in [0.25, 0.3) is 0 Å². The maximum absolute atomic E-state index is 9.28. The van der Waals surface area contributed by atoms with Crippen molar-refractivity contribution < 1.29 is 5.11 Å². The van der Waals surface area contributed by atoms with Crippen molar-refractivity contribution in [3.8, 4) is 11.8 Å². The first-order chi connectivity index (χ1) is 6.42. The predicted octanol–water partition coefficient (Wildman–Crippen LogP) is 1.54. The fourth-order valence-electron chi connectivity index (χ4n) is 1.31. The first kappa shape index (κ1) is 10.6. The third kappa shape index (κ3) is 2.75. The molecule has 0 bridgehead atoms. The molecule has 0 unspecified atom stereocenters. The fourth-order valence-corrected chi connectivity index (χ4v) is 1.31. The van der Waals surface area contributed by atoms with Gasteiger partial charge in [-0.25, -0.2) is 0 Å². The minimum Gasteiger partial charge on any atom is -0.507 e. The van der Waals surface area contributed by atoms with Crippen LogP contribution < -0.4 is 5.73 Å². The van der Waals surface area contributed by atoms with Crippen molar-refractivity contribution in [3.63, 3.8) is 0 Å². The van der Waals surface area contributed by atoms with Crippen LogP contribution in [0.15, 0.2) is 18.2 Å². The van der Waals surface area contributed by atoms with Crippen molar-refractivity contribution in [3.05, 3.63) is 29.3 Å². The van der Waals surface area contributed by atoms with Crippen LogP contribution >= 0.6 is 0 Å². The van der Waals surface area contributed by atoms with Gasteiger partial charge in [-0.2, -0.15) is 5.26 Å². The van der Waals surface area contributed by atoms with Gasteiger partial charge in [-0.3, -0.25) is 0 Å². The summed E-state index contributed by atoms with van der Waals surface area (Å²) in [6.07, 6.45) is 0.682. The molecule has 3 heteroatoms. The Morgan fingerprint density at radius 3 is 2.64 bits per heavy atom. The monoisotopic (exact) mass is 190 g/mol. The van der Waals surface area contributed by atoms with Crippen molar-refractivity contribution in [1.82, 2.24) is 0 Å². The van der Waals surface area contributed by atoms with E-state index in [0.29, 0.717) is 12.0 Å². The van der Waals surface area contributed by atoms with Gasteiger partial charge >= 0.3 is 0 Å². The number of nitrogens with two attached hydrogens (primary N) is 1. The van der Waals surface area contributed by atoms with Crippen LogP contribution in [-0.2, 0) is 6.42 Å². The summed E-state index contributed by atoms with van der Waals surface area (Å²) in [6.45, 7) is 3.85. The Bertz CT molecular complexity index is 372. The number of hydrogen-bond acceptors (Lipinski definition) is 3. The predicted molar refractivity (Wildman–Crippen MR) is 54.8 cm³/mol. The average molecular weight is 190 g/mol. The molecule has 3 N–H and O–H groups in total. The van der Waals surface area contributed by atoms with Crippen LogP contribution in [0.5, 0.6) is 5.75 Å². The lowest BCUT2D eigenvalue weighted by Crippen LogP contribution is -2.34. The first-order valence-electron chi connectivity index (χ1n) is 4.43. The van der Waals surface area contributed by atoms with Gasteiger partial charge in [0.2, 0.25) is 0 Å². The minimum atomic E-state index is -0.302. The summed E-state index contributed by atoms with van der Waals surface area (Å²) in [6, 6.07) is 6.91. The Morgan fingerprint density at radius 1 is 1.50 bits per heavy atom. The molecule has 0 atom stereocenters. The van der Waals surface area contributed by atoms with Gasteiger partial charge in [-0.1, -0.05) is 6.07 Å². The molecule has 0 heterocycles. The van der Waals surface area contributed by atoms with Crippen LogP contribution in [0.2, 0.25) is 0 Å². The maximum Gasteiger partial charge on any atom is 0.133 e. The van der Waals surface area contributed by atoms with Crippen LogP contribution in [0.4, 0.5) is 0 Å². The number of phenolic OH excluding ortho intramolecular Hbond substituents is 1. The Labute approximate surface area is 83.8 Å². The van der Waals surface area contributed by atoms with Crippen molar-refractivity contribution >= 4 is 0 Å². The minimum absolute atomic E-state index is 0.0195. The zero-order valence-corrected chi connectivity index (χ0v) is 8.41. The molecule has 0 saturated carbocycles. The van der Waals surface area contributed by atoms with Crippen LogP contribution in [0.3, 0.4) is 0 Å². The molecule has 74 valence electrons. The van der Waals surface area contributed by atoms with E-state index in [4.69, 9.17) is 11.0 Å². The maximum atomic E-state index is 9.28. The van der Waals surface area contributed by atoms with Gasteiger partial charge in [0.05, 0.1) is 5.56 Å². The van der Waals surface area contributed by atoms with E-state index in [1.54, 1.807) is 12.1 Å². The lowest BCUT2D eigenvalue weighted by molar-refractivity contribution is 0.472. The standard InChI is InChI=1S/C11H14N2O/c1-11(2,13)6-8-3-4-10(14)9(5-8)7-12/h3-5,14H,6,13H2,1-2H3. The average Bonchev–Trinajstić information content (AvgIpc) is 2.06. The van der Waals surface area contributed by atoms with Gasteiger partial charge in [-0.15, -0.1) is 0 Å². The number of nitrogens with zero attached hydrogens (tertiary/aromatic N) is 1. The lowest BCUT2D eigenvalue weighted by atomic mass is 9.95. The fraction of sp³-hybridized carbons (Fsp3) is 0.364. The summed E-state index contributed by atoms with van der Waals surface area (Å²) in [4.78, 5) is 0. The number of hydrogen-bond donors (Lipinski definition) is 2. The number of rotatable bonds is 2. The third-order valence-electron chi connectivity index (χ3n) is 1.84. The molecule has 0 spiro atoms. The molecule has 0 aliphatic heterocycles. The van der Waals surface area contributed by atoms with E-state index in [1.807, 2.05) is 19.9 Å². The van der Waals surface area contributed by atoms with Crippen LogP contribution in [-0.4, -0.2) is 10.6 Å². The Morgan fingerprint density at radius 2 is 2.14 bits per heavy atom. The largest absolute Gasteiger partial charge is 0.507 e. The molecular formula is C11H14N2O. The highest BCUT2D eigenvalue weighted by molar-refractivity contribution is 5.44. The summed E-state index contributed by atoms with van der Waals surface area (Å²) in [5.74, 6) is 0.0195. The van der Waals surface area contributed by atoms with Gasteiger partial charge in [0, 0.05) is 5.54 Å². The second-order valence-electron chi connectivity index (χ2n) is 4.13. The molecule has 0 fully saturated rings. The molecule has 0 saturated heterocycles. The van der Waals surface area contributed by atoms with Gasteiger partial charge in [0.1, 0.15) is 11.8 Å². The molecular weight excluding hydrogens is 176 g/mol. The highest BCUT2D eigenvalue weighted by atomic mass is 16.3. The van der Waals surface area contributed by atoms with Crippen LogP contribution in [0.1, 0.15) is 25.0 Å². The van der Waals surface area contributed by atoms with E-state index >= 15 is 0 Å². The summed E-state index contributed by atoms with van der Waals surface area (Å²) in [5, 5.41) is 18.0. The quantitative estimate of drug-likeness (QED) is 0.743. The zero-order valence-electron chi connectivity index (χ0n) is 8.41. The Hall–Kier alpha value is -1.53. The lowest BCUT2D eigenvalue weighted by Gasteiger charge is -2.18. The normalized spacial score (nSPS) is 11.0. The van der Waals surface area contributed by atoms with Gasteiger partial charge in [-0.05, 0) is 38.0 Å². The molecule has 0 amide bonds. The third-order valence-corrected chi connectivity index (χ3v) is 1.84. The molecule has 0 aromatic heterocycles. The van der Waals surface area contributed by atoms with Crippen LogP contribution in [0.25, 0.3) is 0 Å². The van der Waals surface area contributed by atoms with Crippen LogP contribution in [0, 0.1) is 11.3 Å². The first-order valence-corrected chi connectivity index (χ1v) is 4.43. The molecule has 1 aromatic carbocycles. The molecule has 1 rings (SSSR count). The molecule has 1 aromatic rings. The van der Waals surface area contributed by atoms with E-state index in [0.717, 1.165) is 5.56 Å². The van der Waals surface area contributed by atoms with Crippen molar-refractivity contribution in [2.45, 2.75) is 25.8 Å². The summed E-state index contributed by atoms with van der Waals surface area (Å²) < 4.78 is 0. The smallest absolute Gasteiger partial charge is 0.133 e. The van der Waals surface area contributed by atoms with Gasteiger partial charge < -0.3 is 10.8 Å². The highest BCUT2D eigenvalue weighted by Crippen LogP contribution is 2.19. The second kappa shape index (κ2) is 3.69. The van der Waals surface area contributed by atoms with E-state index < -0.39 is 0 Å². The number of aromatic hydroxyl groups is 1. The van der Waals surface area contributed by atoms with Crippen molar-refractivity contribution in [2.75, 3.05) is 0 Å². The second-order valence-corrected chi connectivity index (χ2v) is 4.13. The number of benzene rings is 1. The SMILES string of the molecule is CC(C)(N)Cc1ccc(O)c(C#N)c1. The van der Waals surface area contributed by atoms with E-state index in [-0.39, 0.29) is 11.3 Å². The highest BCUT2D eigenvalue weighted by Gasteiger charge is 2.12. The number of phenols is 1. The summed E-state index contributed by atoms with van der Waals surface area (Å²) in [5.41, 5.74) is 6.81. The van der Waals surface area contributed by atoms with E-state index in [2.05, 4.69) is 0 Å². The van der Waals surface area contributed by atoms with E-state index in [9.17, 15) is 5.11 Å². The molecule has 0 aliphatic rings. The van der Waals surface area contributed by atoms with Gasteiger partial charge in [0.15, 0.2) is 0 Å². The summed E-state index contributed by atoms with van der Waals surface area (Å²) in [7, 11) is 0. The molecule has 3 nitrogen and oxygen atoms in total. The van der Waals surface area contributed by atoms with Crippen molar-refractivity contribution in [1.29, 1.82) is 5.26 Å². The van der Waals surface area contributed by atoms with E-state index in [1.165, 1.54) is 6.07 Å². The Balaban J connectivity index is 2.97. The molecule has 0 aliphatic carbocycles. The Kier molecular flexibility index (Phi) is 2.78. The molecule has 14 heavy (non-hydrogen) atoms. The topological polar surface area (TPSA) is 70.0 Å². The van der Waals surface area contributed by atoms with Crippen molar-refractivity contribution in [2.24, 2.45) is 5.73 Å². The zero-order chi connectivity index (χ0) is 10.8.